The van der Waals surface area contributed by atoms with Crippen molar-refractivity contribution < 1.29 is 9.47 Å². The first-order chi connectivity index (χ1) is 10.1. The number of morpholine rings is 1. The molecule has 2 aliphatic heterocycles. The third kappa shape index (κ3) is 5.51. The zero-order valence-electron chi connectivity index (χ0n) is 14.2. The second kappa shape index (κ2) is 8.47. The molecule has 0 aromatic carbocycles. The smallest absolute Gasteiger partial charge is 0.0700 e. The molecular weight excluding hydrogens is 264 g/mol. The van der Waals surface area contributed by atoms with Crippen LogP contribution in [-0.2, 0) is 9.47 Å². The number of hydrogen-bond donors (Lipinski definition) is 1. The van der Waals surface area contributed by atoms with E-state index in [1.54, 1.807) is 0 Å². The molecule has 4 nitrogen and oxygen atoms in total. The van der Waals surface area contributed by atoms with Gasteiger partial charge in [-0.15, -0.1) is 0 Å². The minimum absolute atomic E-state index is 0.392. The van der Waals surface area contributed by atoms with Crippen molar-refractivity contribution in [2.24, 2.45) is 11.3 Å². The first kappa shape index (κ1) is 17.2. The van der Waals surface area contributed by atoms with Crippen molar-refractivity contribution >= 4 is 0 Å². The number of hydrogen-bond acceptors (Lipinski definition) is 4. The van der Waals surface area contributed by atoms with E-state index in [2.05, 4.69) is 31.0 Å². The van der Waals surface area contributed by atoms with Crippen molar-refractivity contribution in [3.8, 4) is 0 Å². The second-order valence-electron chi connectivity index (χ2n) is 7.27. The fraction of sp³-hybridized carbons (Fsp3) is 1.00. The molecule has 2 saturated heterocycles. The van der Waals surface area contributed by atoms with E-state index >= 15 is 0 Å². The Morgan fingerprint density at radius 2 is 2.00 bits per heavy atom. The van der Waals surface area contributed by atoms with E-state index in [0.29, 0.717) is 11.5 Å². The number of nitrogens with one attached hydrogen (secondary N) is 1. The van der Waals surface area contributed by atoms with Gasteiger partial charge in [-0.2, -0.15) is 0 Å². The monoisotopic (exact) mass is 298 g/mol. The van der Waals surface area contributed by atoms with Crippen LogP contribution >= 0.6 is 0 Å². The summed E-state index contributed by atoms with van der Waals surface area (Å²) >= 11 is 0. The van der Waals surface area contributed by atoms with Gasteiger partial charge in [0.2, 0.25) is 0 Å². The lowest BCUT2D eigenvalue weighted by molar-refractivity contribution is -0.0600. The van der Waals surface area contributed by atoms with Gasteiger partial charge in [0.15, 0.2) is 0 Å². The summed E-state index contributed by atoms with van der Waals surface area (Å²) in [6, 6.07) is 0. The van der Waals surface area contributed by atoms with Crippen LogP contribution in [0.3, 0.4) is 0 Å². The predicted octanol–water partition coefficient (Wildman–Crippen LogP) is 2.14. The van der Waals surface area contributed by atoms with E-state index in [1.807, 2.05) is 0 Å². The fourth-order valence-electron chi connectivity index (χ4n) is 3.47. The molecule has 0 amide bonds. The van der Waals surface area contributed by atoms with Crippen LogP contribution in [0.4, 0.5) is 0 Å². The highest BCUT2D eigenvalue weighted by atomic mass is 16.5. The fourth-order valence-corrected chi connectivity index (χ4v) is 3.47. The zero-order chi connectivity index (χ0) is 15.1. The molecule has 2 rings (SSSR count). The van der Waals surface area contributed by atoms with Gasteiger partial charge in [-0.25, -0.2) is 0 Å². The molecule has 2 fully saturated rings. The van der Waals surface area contributed by atoms with Crippen LogP contribution in [0.2, 0.25) is 0 Å². The van der Waals surface area contributed by atoms with Crippen LogP contribution in [0.25, 0.3) is 0 Å². The minimum atomic E-state index is 0.392. The number of rotatable bonds is 7. The Kier molecular flexibility index (Phi) is 6.93. The van der Waals surface area contributed by atoms with Crippen LogP contribution in [0.1, 0.15) is 40.0 Å². The summed E-state index contributed by atoms with van der Waals surface area (Å²) in [5.74, 6) is 0.717. The maximum absolute atomic E-state index is 5.81. The topological polar surface area (TPSA) is 33.7 Å². The molecule has 124 valence electrons. The van der Waals surface area contributed by atoms with Crippen LogP contribution in [0.5, 0.6) is 0 Å². The molecule has 4 heteroatoms. The lowest BCUT2D eigenvalue weighted by Crippen LogP contribution is -2.52. The third-order valence-electron chi connectivity index (χ3n) is 4.84. The van der Waals surface area contributed by atoms with Crippen molar-refractivity contribution in [1.29, 1.82) is 0 Å². The molecule has 1 unspecified atom stereocenters. The highest BCUT2D eigenvalue weighted by Crippen LogP contribution is 2.31. The van der Waals surface area contributed by atoms with Gasteiger partial charge in [0.05, 0.1) is 12.7 Å². The summed E-state index contributed by atoms with van der Waals surface area (Å²) in [5, 5.41) is 3.70. The first-order valence-electron chi connectivity index (χ1n) is 8.76. The highest BCUT2D eigenvalue weighted by molar-refractivity contribution is 4.88. The van der Waals surface area contributed by atoms with Gasteiger partial charge in [0.1, 0.15) is 0 Å². The highest BCUT2D eigenvalue weighted by Gasteiger charge is 2.35. The van der Waals surface area contributed by atoms with Crippen molar-refractivity contribution in [2.45, 2.75) is 46.1 Å². The van der Waals surface area contributed by atoms with Crippen molar-refractivity contribution in [2.75, 3.05) is 52.5 Å². The summed E-state index contributed by atoms with van der Waals surface area (Å²) in [5.41, 5.74) is 0.392. The third-order valence-corrected chi connectivity index (χ3v) is 4.84. The van der Waals surface area contributed by atoms with E-state index in [-0.39, 0.29) is 0 Å². The molecule has 0 radical (unpaired) electrons. The Hall–Kier alpha value is -0.160. The maximum atomic E-state index is 5.81. The first-order valence-corrected chi connectivity index (χ1v) is 8.76. The molecule has 0 aliphatic carbocycles. The summed E-state index contributed by atoms with van der Waals surface area (Å²) in [6.45, 7) is 15.1. The Balaban J connectivity index is 1.88. The van der Waals surface area contributed by atoms with E-state index < -0.39 is 0 Å². The lowest BCUT2D eigenvalue weighted by atomic mass is 9.79. The average Bonchev–Trinajstić information content (AvgIpc) is 2.48. The van der Waals surface area contributed by atoms with Crippen molar-refractivity contribution in [3.05, 3.63) is 0 Å². The SMILES string of the molecule is CCC1CN(CC2(CNCC(C)C)CCOCC2)CCO1. The van der Waals surface area contributed by atoms with Crippen LogP contribution < -0.4 is 5.32 Å². The van der Waals surface area contributed by atoms with Gasteiger partial charge in [-0.05, 0) is 37.1 Å². The van der Waals surface area contributed by atoms with E-state index in [0.717, 1.165) is 58.3 Å². The van der Waals surface area contributed by atoms with Gasteiger partial charge < -0.3 is 14.8 Å². The Labute approximate surface area is 130 Å². The number of nitrogens with zero attached hydrogens (tertiary/aromatic N) is 1. The zero-order valence-corrected chi connectivity index (χ0v) is 14.2. The standard InChI is InChI=1S/C17H34N2O2/c1-4-16-12-19(7-10-21-16)14-17(5-8-20-9-6-17)13-18-11-15(2)3/h15-16,18H,4-14H2,1-3H3. The lowest BCUT2D eigenvalue weighted by Gasteiger charge is -2.43. The van der Waals surface area contributed by atoms with Gasteiger partial charge in [-0.1, -0.05) is 20.8 Å². The van der Waals surface area contributed by atoms with E-state index in [4.69, 9.17) is 9.47 Å². The maximum Gasteiger partial charge on any atom is 0.0700 e. The van der Waals surface area contributed by atoms with Crippen molar-refractivity contribution in [1.82, 2.24) is 10.2 Å². The van der Waals surface area contributed by atoms with E-state index in [1.165, 1.54) is 19.4 Å². The van der Waals surface area contributed by atoms with Crippen LogP contribution in [0, 0.1) is 11.3 Å². The van der Waals surface area contributed by atoms with Crippen LogP contribution in [0.15, 0.2) is 0 Å². The molecule has 0 saturated carbocycles. The largest absolute Gasteiger partial charge is 0.381 e. The summed E-state index contributed by atoms with van der Waals surface area (Å²) in [4.78, 5) is 2.63. The van der Waals surface area contributed by atoms with E-state index in [9.17, 15) is 0 Å². The molecule has 2 heterocycles. The number of ether oxygens (including phenoxy) is 2. The quantitative estimate of drug-likeness (QED) is 0.781. The second-order valence-corrected chi connectivity index (χ2v) is 7.27. The Bertz CT molecular complexity index is 291. The van der Waals surface area contributed by atoms with Crippen LogP contribution in [-0.4, -0.2) is 63.5 Å². The van der Waals surface area contributed by atoms with Gasteiger partial charge in [0.25, 0.3) is 0 Å². The average molecular weight is 298 g/mol. The molecule has 0 spiro atoms. The predicted molar refractivity (Wildman–Crippen MR) is 86.7 cm³/mol. The molecular formula is C17H34N2O2. The van der Waals surface area contributed by atoms with Gasteiger partial charge in [0, 0.05) is 39.4 Å². The Morgan fingerprint density at radius 3 is 2.67 bits per heavy atom. The van der Waals surface area contributed by atoms with Crippen molar-refractivity contribution in [3.63, 3.8) is 0 Å². The van der Waals surface area contributed by atoms with Gasteiger partial charge >= 0.3 is 0 Å². The minimum Gasteiger partial charge on any atom is -0.381 e. The molecule has 0 aromatic rings. The van der Waals surface area contributed by atoms with Gasteiger partial charge in [-0.3, -0.25) is 4.90 Å². The molecule has 0 aromatic heterocycles. The summed E-state index contributed by atoms with van der Waals surface area (Å²) in [6.07, 6.45) is 3.93. The normalized spacial score (nSPS) is 27.1. The molecule has 2 aliphatic rings. The molecule has 0 bridgehead atoms. The molecule has 1 N–H and O–H groups in total. The summed E-state index contributed by atoms with van der Waals surface area (Å²) in [7, 11) is 0. The molecule has 21 heavy (non-hydrogen) atoms. The Morgan fingerprint density at radius 1 is 1.24 bits per heavy atom. The summed E-state index contributed by atoms with van der Waals surface area (Å²) < 4.78 is 11.4. The molecule has 1 atom stereocenters.